The van der Waals surface area contributed by atoms with E-state index >= 15 is 0 Å². The van der Waals surface area contributed by atoms with Crippen LogP contribution in [0.1, 0.15) is 24.4 Å². The van der Waals surface area contributed by atoms with Crippen molar-refractivity contribution in [2.75, 3.05) is 0 Å². The summed E-state index contributed by atoms with van der Waals surface area (Å²) in [5, 5.41) is 13.6. The molecule has 5 heteroatoms. The van der Waals surface area contributed by atoms with Crippen molar-refractivity contribution in [1.29, 1.82) is 0 Å². The van der Waals surface area contributed by atoms with Gasteiger partial charge in [-0.25, -0.2) is 0 Å². The third-order valence-electron chi connectivity index (χ3n) is 2.31. The number of benzene rings is 1. The van der Waals surface area contributed by atoms with Gasteiger partial charge in [-0.15, -0.1) is 0 Å². The summed E-state index contributed by atoms with van der Waals surface area (Å²) < 4.78 is 5.07. The molecule has 0 aliphatic carbocycles. The fraction of sp³-hybridized carbons (Fsp3) is 0.273. The topological polar surface area (TPSA) is 59.2 Å². The Morgan fingerprint density at radius 1 is 1.44 bits per heavy atom. The Labute approximate surface area is 97.9 Å². The van der Waals surface area contributed by atoms with Gasteiger partial charge in [-0.05, 0) is 31.5 Å². The average molecular weight is 239 g/mol. The van der Waals surface area contributed by atoms with Crippen LogP contribution in [0.15, 0.2) is 22.7 Å². The Balaban J connectivity index is 2.47. The third kappa shape index (κ3) is 1.94. The molecule has 0 aliphatic heterocycles. The Bertz CT molecular complexity index is 508. The molecule has 1 atom stereocenters. The predicted octanol–water partition coefficient (Wildman–Crippen LogP) is 2.75. The first kappa shape index (κ1) is 11.1. The number of halogens is 1. The second-order valence-corrected chi connectivity index (χ2v) is 3.95. The lowest BCUT2D eigenvalue weighted by molar-refractivity contribution is 0.184. The summed E-state index contributed by atoms with van der Waals surface area (Å²) >= 11 is 5.99. The van der Waals surface area contributed by atoms with Crippen LogP contribution < -0.4 is 0 Å². The van der Waals surface area contributed by atoms with E-state index in [2.05, 4.69) is 10.1 Å². The zero-order valence-electron chi connectivity index (χ0n) is 8.94. The van der Waals surface area contributed by atoms with E-state index in [0.717, 1.165) is 11.1 Å². The highest BCUT2D eigenvalue weighted by atomic mass is 35.5. The lowest BCUT2D eigenvalue weighted by atomic mass is 10.1. The van der Waals surface area contributed by atoms with Crippen LogP contribution >= 0.6 is 11.6 Å². The second-order valence-electron chi connectivity index (χ2n) is 3.55. The van der Waals surface area contributed by atoms with E-state index in [1.54, 1.807) is 13.0 Å². The van der Waals surface area contributed by atoms with Crippen molar-refractivity contribution in [2.45, 2.75) is 20.0 Å². The number of aliphatic hydroxyl groups is 1. The van der Waals surface area contributed by atoms with Gasteiger partial charge in [-0.2, -0.15) is 4.98 Å². The Morgan fingerprint density at radius 3 is 2.81 bits per heavy atom. The Kier molecular flexibility index (Phi) is 2.94. The van der Waals surface area contributed by atoms with Crippen molar-refractivity contribution in [3.63, 3.8) is 0 Å². The number of rotatable bonds is 2. The minimum atomic E-state index is -0.739. The van der Waals surface area contributed by atoms with E-state index < -0.39 is 6.10 Å². The van der Waals surface area contributed by atoms with E-state index in [-0.39, 0.29) is 5.82 Å². The summed E-state index contributed by atoms with van der Waals surface area (Å²) in [6, 6.07) is 5.46. The standard InChI is InChI=1S/C11H11ClN2O2/c1-6-8(4-3-5-9(6)12)11-13-10(7(2)15)14-16-11/h3-5,7,15H,1-2H3. The first-order valence-corrected chi connectivity index (χ1v) is 5.24. The minimum Gasteiger partial charge on any atom is -0.385 e. The fourth-order valence-corrected chi connectivity index (χ4v) is 1.53. The van der Waals surface area contributed by atoms with Gasteiger partial charge in [-0.1, -0.05) is 22.8 Å². The van der Waals surface area contributed by atoms with E-state index in [9.17, 15) is 5.11 Å². The monoisotopic (exact) mass is 238 g/mol. The molecule has 1 unspecified atom stereocenters. The van der Waals surface area contributed by atoms with Crippen molar-refractivity contribution in [1.82, 2.24) is 10.1 Å². The first-order valence-electron chi connectivity index (χ1n) is 4.86. The number of hydrogen-bond donors (Lipinski definition) is 1. The van der Waals surface area contributed by atoms with Gasteiger partial charge in [-0.3, -0.25) is 0 Å². The molecule has 0 amide bonds. The quantitative estimate of drug-likeness (QED) is 0.874. The molecule has 0 saturated heterocycles. The van der Waals surface area contributed by atoms with Crippen LogP contribution in [0.5, 0.6) is 0 Å². The van der Waals surface area contributed by atoms with E-state index in [1.807, 2.05) is 19.1 Å². The van der Waals surface area contributed by atoms with Gasteiger partial charge in [0, 0.05) is 10.6 Å². The molecule has 2 rings (SSSR count). The molecule has 1 N–H and O–H groups in total. The number of aliphatic hydroxyl groups excluding tert-OH is 1. The zero-order chi connectivity index (χ0) is 11.7. The summed E-state index contributed by atoms with van der Waals surface area (Å²) in [5.74, 6) is 0.644. The van der Waals surface area contributed by atoms with E-state index in [0.29, 0.717) is 10.9 Å². The largest absolute Gasteiger partial charge is 0.385 e. The smallest absolute Gasteiger partial charge is 0.258 e. The molecule has 2 aromatic rings. The second kappa shape index (κ2) is 4.23. The molecule has 4 nitrogen and oxygen atoms in total. The summed E-state index contributed by atoms with van der Waals surface area (Å²) in [7, 11) is 0. The molecule has 0 aliphatic rings. The van der Waals surface area contributed by atoms with E-state index in [4.69, 9.17) is 16.1 Å². The summed E-state index contributed by atoms with van der Waals surface area (Å²) in [4.78, 5) is 4.10. The summed E-state index contributed by atoms with van der Waals surface area (Å²) in [5.41, 5.74) is 1.66. The lowest BCUT2D eigenvalue weighted by Crippen LogP contribution is -1.93. The van der Waals surface area contributed by atoms with Gasteiger partial charge in [0.1, 0.15) is 6.10 Å². The molecule has 0 saturated carbocycles. The molecule has 84 valence electrons. The number of aromatic nitrogens is 2. The average Bonchev–Trinajstić information content (AvgIpc) is 2.71. The molecule has 1 aromatic heterocycles. The molecule has 16 heavy (non-hydrogen) atoms. The van der Waals surface area contributed by atoms with Crippen molar-refractivity contribution < 1.29 is 9.63 Å². The third-order valence-corrected chi connectivity index (χ3v) is 2.72. The van der Waals surface area contributed by atoms with Gasteiger partial charge in [0.2, 0.25) is 0 Å². The van der Waals surface area contributed by atoms with Crippen LogP contribution in [-0.2, 0) is 0 Å². The van der Waals surface area contributed by atoms with Crippen molar-refractivity contribution >= 4 is 11.6 Å². The highest BCUT2D eigenvalue weighted by Gasteiger charge is 2.14. The highest BCUT2D eigenvalue weighted by molar-refractivity contribution is 6.31. The number of hydrogen-bond acceptors (Lipinski definition) is 4. The van der Waals surface area contributed by atoms with Gasteiger partial charge < -0.3 is 9.63 Å². The van der Waals surface area contributed by atoms with Crippen LogP contribution in [0, 0.1) is 6.92 Å². The molecular weight excluding hydrogens is 228 g/mol. The molecule has 1 aromatic carbocycles. The van der Waals surface area contributed by atoms with Crippen LogP contribution in [0.3, 0.4) is 0 Å². The summed E-state index contributed by atoms with van der Waals surface area (Å²) in [6.45, 7) is 3.46. The molecule has 0 spiro atoms. The molecule has 0 bridgehead atoms. The van der Waals surface area contributed by atoms with Gasteiger partial charge >= 0.3 is 0 Å². The molecule has 0 radical (unpaired) electrons. The van der Waals surface area contributed by atoms with Crippen molar-refractivity contribution in [3.05, 3.63) is 34.6 Å². The number of nitrogens with zero attached hydrogens (tertiary/aromatic N) is 2. The molecular formula is C11H11ClN2O2. The molecule has 0 fully saturated rings. The first-order chi connectivity index (χ1) is 7.59. The maximum absolute atomic E-state index is 9.30. The Morgan fingerprint density at radius 2 is 2.19 bits per heavy atom. The summed E-state index contributed by atoms with van der Waals surface area (Å²) in [6.07, 6.45) is -0.739. The zero-order valence-corrected chi connectivity index (χ0v) is 9.69. The van der Waals surface area contributed by atoms with Crippen molar-refractivity contribution in [3.8, 4) is 11.5 Å². The van der Waals surface area contributed by atoms with Gasteiger partial charge in [0.25, 0.3) is 5.89 Å². The van der Waals surface area contributed by atoms with Crippen LogP contribution in [0.2, 0.25) is 5.02 Å². The van der Waals surface area contributed by atoms with Gasteiger partial charge in [0.15, 0.2) is 5.82 Å². The minimum absolute atomic E-state index is 0.273. The maximum Gasteiger partial charge on any atom is 0.258 e. The van der Waals surface area contributed by atoms with Crippen LogP contribution in [0.25, 0.3) is 11.5 Å². The van der Waals surface area contributed by atoms with Crippen molar-refractivity contribution in [2.24, 2.45) is 0 Å². The van der Waals surface area contributed by atoms with Crippen LogP contribution in [0.4, 0.5) is 0 Å². The Hall–Kier alpha value is -1.39. The highest BCUT2D eigenvalue weighted by Crippen LogP contribution is 2.27. The normalized spacial score (nSPS) is 12.8. The van der Waals surface area contributed by atoms with Gasteiger partial charge in [0.05, 0.1) is 0 Å². The SMILES string of the molecule is Cc1c(Cl)cccc1-c1nc(C(C)O)no1. The fourth-order valence-electron chi connectivity index (χ4n) is 1.35. The molecule has 1 heterocycles. The predicted molar refractivity (Wildman–Crippen MR) is 60.1 cm³/mol. The lowest BCUT2D eigenvalue weighted by Gasteiger charge is -2.01. The maximum atomic E-state index is 9.30. The van der Waals surface area contributed by atoms with Crippen LogP contribution in [-0.4, -0.2) is 15.2 Å². The van der Waals surface area contributed by atoms with E-state index in [1.165, 1.54) is 0 Å².